The maximum atomic E-state index is 12.6. The molecular weight excluding hydrogens is 253 g/mol. The van der Waals surface area contributed by atoms with Crippen LogP contribution < -0.4 is 5.32 Å². The first kappa shape index (κ1) is 14.5. The van der Waals surface area contributed by atoms with Crippen molar-refractivity contribution in [2.24, 2.45) is 5.92 Å². The second-order valence-electron chi connectivity index (χ2n) is 4.05. The maximum Gasteiger partial charge on any atom is 0.393 e. The van der Waals surface area contributed by atoms with Gasteiger partial charge in [0.2, 0.25) is 0 Å². The van der Waals surface area contributed by atoms with Crippen LogP contribution in [0.25, 0.3) is 0 Å². The van der Waals surface area contributed by atoms with Crippen molar-refractivity contribution in [2.45, 2.75) is 19.0 Å². The Kier molecular flexibility index (Phi) is 5.45. The van der Waals surface area contributed by atoms with Gasteiger partial charge in [-0.15, -0.1) is 0 Å². The van der Waals surface area contributed by atoms with Crippen LogP contribution in [0.4, 0.5) is 13.2 Å². The summed E-state index contributed by atoms with van der Waals surface area (Å²) in [5.41, 5.74) is 0. The summed E-state index contributed by atoms with van der Waals surface area (Å²) >= 11 is 5.06. The maximum absolute atomic E-state index is 12.6. The molecule has 1 unspecified atom stereocenters. The molecule has 1 aliphatic heterocycles. The Bertz CT molecular complexity index is 260. The van der Waals surface area contributed by atoms with E-state index in [0.29, 0.717) is 31.2 Å². The Morgan fingerprint density at radius 2 is 2.24 bits per heavy atom. The number of ether oxygens (including phenoxy) is 1. The van der Waals surface area contributed by atoms with Crippen molar-refractivity contribution >= 4 is 17.3 Å². The molecule has 0 aromatic carbocycles. The predicted octanol–water partition coefficient (Wildman–Crippen LogP) is 1.78. The smallest absolute Gasteiger partial charge is 0.383 e. The van der Waals surface area contributed by atoms with Gasteiger partial charge in [-0.05, 0) is 25.1 Å². The van der Waals surface area contributed by atoms with E-state index in [1.165, 1.54) is 0 Å². The number of nitrogens with one attached hydrogen (secondary N) is 1. The fourth-order valence-corrected chi connectivity index (χ4v) is 2.07. The number of piperidine rings is 1. The van der Waals surface area contributed by atoms with E-state index in [1.54, 1.807) is 12.0 Å². The molecule has 1 aliphatic rings. The van der Waals surface area contributed by atoms with Crippen LogP contribution >= 0.6 is 12.2 Å². The molecule has 0 bridgehead atoms. The Morgan fingerprint density at radius 1 is 1.53 bits per heavy atom. The lowest BCUT2D eigenvalue weighted by Gasteiger charge is -2.35. The minimum Gasteiger partial charge on any atom is -0.383 e. The highest BCUT2D eigenvalue weighted by atomic mass is 32.1. The summed E-state index contributed by atoms with van der Waals surface area (Å²) in [6.45, 7) is 1.55. The van der Waals surface area contributed by atoms with Gasteiger partial charge in [-0.2, -0.15) is 13.2 Å². The van der Waals surface area contributed by atoms with Crippen molar-refractivity contribution in [1.29, 1.82) is 0 Å². The van der Waals surface area contributed by atoms with Crippen LogP contribution in [0.1, 0.15) is 12.8 Å². The summed E-state index contributed by atoms with van der Waals surface area (Å²) in [5, 5.41) is 3.28. The number of thiocarbonyl (C=S) groups is 1. The van der Waals surface area contributed by atoms with Crippen molar-refractivity contribution in [3.63, 3.8) is 0 Å². The third kappa shape index (κ3) is 4.67. The molecule has 7 heteroatoms. The number of likely N-dealkylation sites (tertiary alicyclic amines) is 1. The first-order chi connectivity index (χ1) is 7.95. The lowest BCUT2D eigenvalue weighted by Crippen LogP contribution is -2.48. The average Bonchev–Trinajstić information content (AvgIpc) is 2.28. The molecule has 17 heavy (non-hydrogen) atoms. The van der Waals surface area contributed by atoms with Gasteiger partial charge in [-0.3, -0.25) is 0 Å². The van der Waals surface area contributed by atoms with E-state index < -0.39 is 12.1 Å². The Morgan fingerprint density at radius 3 is 2.82 bits per heavy atom. The SMILES string of the molecule is COCCNC(=S)N1CCCC(C(F)(F)F)C1. The summed E-state index contributed by atoms with van der Waals surface area (Å²) in [5.74, 6) is -1.27. The first-order valence-corrected chi connectivity index (χ1v) is 5.94. The van der Waals surface area contributed by atoms with E-state index in [2.05, 4.69) is 5.32 Å². The topological polar surface area (TPSA) is 24.5 Å². The molecule has 3 nitrogen and oxygen atoms in total. The Labute approximate surface area is 104 Å². The molecule has 0 aromatic heterocycles. The van der Waals surface area contributed by atoms with Gasteiger partial charge in [0, 0.05) is 26.7 Å². The van der Waals surface area contributed by atoms with Gasteiger partial charge < -0.3 is 15.0 Å². The van der Waals surface area contributed by atoms with Gasteiger partial charge in [-0.1, -0.05) is 0 Å². The van der Waals surface area contributed by atoms with Crippen molar-refractivity contribution in [1.82, 2.24) is 10.2 Å². The second-order valence-corrected chi connectivity index (χ2v) is 4.44. The Balaban J connectivity index is 2.41. The zero-order valence-corrected chi connectivity index (χ0v) is 10.5. The highest BCUT2D eigenvalue weighted by Crippen LogP contribution is 2.32. The van der Waals surface area contributed by atoms with Gasteiger partial charge in [0.15, 0.2) is 5.11 Å². The third-order valence-corrected chi connectivity index (χ3v) is 3.16. The van der Waals surface area contributed by atoms with Gasteiger partial charge in [0.1, 0.15) is 0 Å². The van der Waals surface area contributed by atoms with Crippen LogP contribution in [0.15, 0.2) is 0 Å². The lowest BCUT2D eigenvalue weighted by molar-refractivity contribution is -0.183. The van der Waals surface area contributed by atoms with E-state index in [1.807, 2.05) is 0 Å². The zero-order valence-electron chi connectivity index (χ0n) is 9.72. The molecule has 1 heterocycles. The van der Waals surface area contributed by atoms with E-state index >= 15 is 0 Å². The average molecular weight is 270 g/mol. The number of methoxy groups -OCH3 is 1. The number of alkyl halides is 3. The summed E-state index contributed by atoms with van der Waals surface area (Å²) in [4.78, 5) is 1.59. The Hall–Kier alpha value is -0.560. The van der Waals surface area contributed by atoms with Crippen LogP contribution in [0.3, 0.4) is 0 Å². The predicted molar refractivity (Wildman–Crippen MR) is 62.8 cm³/mol. The van der Waals surface area contributed by atoms with Crippen molar-refractivity contribution in [3.8, 4) is 0 Å². The highest BCUT2D eigenvalue weighted by Gasteiger charge is 2.42. The van der Waals surface area contributed by atoms with Crippen LogP contribution in [-0.4, -0.2) is 49.5 Å². The molecule has 0 spiro atoms. The molecule has 1 atom stereocenters. The molecule has 0 amide bonds. The first-order valence-electron chi connectivity index (χ1n) is 5.53. The van der Waals surface area contributed by atoms with E-state index in [9.17, 15) is 13.2 Å². The van der Waals surface area contributed by atoms with E-state index in [4.69, 9.17) is 17.0 Å². The summed E-state index contributed by atoms with van der Waals surface area (Å²) < 4.78 is 42.6. The number of rotatable bonds is 3. The zero-order chi connectivity index (χ0) is 12.9. The van der Waals surface area contributed by atoms with Gasteiger partial charge in [0.05, 0.1) is 12.5 Å². The largest absolute Gasteiger partial charge is 0.393 e. The minimum atomic E-state index is -4.12. The van der Waals surface area contributed by atoms with E-state index in [-0.39, 0.29) is 13.0 Å². The monoisotopic (exact) mass is 270 g/mol. The molecular formula is C10H17F3N2OS. The molecule has 0 radical (unpaired) electrons. The van der Waals surface area contributed by atoms with Crippen molar-refractivity contribution < 1.29 is 17.9 Å². The molecule has 0 saturated carbocycles. The molecule has 1 fully saturated rings. The normalized spacial score (nSPS) is 21.4. The van der Waals surface area contributed by atoms with Crippen molar-refractivity contribution in [2.75, 3.05) is 33.4 Å². The van der Waals surface area contributed by atoms with E-state index in [0.717, 1.165) is 0 Å². The second kappa shape index (κ2) is 6.39. The molecule has 1 N–H and O–H groups in total. The molecule has 0 aliphatic carbocycles. The molecule has 1 rings (SSSR count). The number of hydrogen-bond donors (Lipinski definition) is 1. The number of hydrogen-bond acceptors (Lipinski definition) is 2. The summed E-state index contributed by atoms with van der Waals surface area (Å²) in [6.07, 6.45) is -3.40. The fourth-order valence-electron chi connectivity index (χ4n) is 1.80. The minimum absolute atomic E-state index is 0.0394. The fraction of sp³-hybridized carbons (Fsp3) is 0.900. The summed E-state index contributed by atoms with van der Waals surface area (Å²) in [6, 6.07) is 0. The van der Waals surface area contributed by atoms with Crippen LogP contribution in [-0.2, 0) is 4.74 Å². The van der Waals surface area contributed by atoms with Crippen LogP contribution in [0, 0.1) is 5.92 Å². The van der Waals surface area contributed by atoms with Crippen LogP contribution in [0.5, 0.6) is 0 Å². The molecule has 0 aromatic rings. The molecule has 1 saturated heterocycles. The van der Waals surface area contributed by atoms with Gasteiger partial charge in [0.25, 0.3) is 0 Å². The third-order valence-electron chi connectivity index (χ3n) is 2.75. The highest BCUT2D eigenvalue weighted by molar-refractivity contribution is 7.80. The van der Waals surface area contributed by atoms with Crippen molar-refractivity contribution in [3.05, 3.63) is 0 Å². The number of halogens is 3. The standard InChI is InChI=1S/C10H17F3N2OS/c1-16-6-4-14-9(17)15-5-2-3-8(7-15)10(11,12)13/h8H,2-7H2,1H3,(H,14,17). The molecule has 100 valence electrons. The quantitative estimate of drug-likeness (QED) is 0.624. The number of nitrogens with zero attached hydrogens (tertiary/aromatic N) is 1. The van der Waals surface area contributed by atoms with Gasteiger partial charge >= 0.3 is 6.18 Å². The van der Waals surface area contributed by atoms with Crippen LogP contribution in [0.2, 0.25) is 0 Å². The lowest BCUT2D eigenvalue weighted by atomic mass is 9.98. The van der Waals surface area contributed by atoms with Gasteiger partial charge in [-0.25, -0.2) is 0 Å². The summed E-state index contributed by atoms with van der Waals surface area (Å²) in [7, 11) is 1.56.